The molecule has 0 bridgehead atoms. The average molecular weight is 345 g/mol. The Bertz CT molecular complexity index is 721. The van der Waals surface area contributed by atoms with E-state index in [0.717, 1.165) is 0 Å². The van der Waals surface area contributed by atoms with E-state index in [0.29, 0.717) is 21.3 Å². The largest absolute Gasteiger partial charge is 0.260 e. The van der Waals surface area contributed by atoms with Crippen LogP contribution in [-0.2, 0) is 15.8 Å². The van der Waals surface area contributed by atoms with Crippen molar-refractivity contribution < 1.29 is 8.42 Å². The van der Waals surface area contributed by atoms with Crippen LogP contribution >= 0.6 is 23.2 Å². The monoisotopic (exact) mass is 344 g/mol. The summed E-state index contributed by atoms with van der Waals surface area (Å²) in [5, 5.41) is 0.731. The first-order valence-electron chi connectivity index (χ1n) is 6.22. The number of rotatable bonds is 5. The summed E-state index contributed by atoms with van der Waals surface area (Å²) in [6.45, 7) is 1.74. The number of aromatic nitrogens is 1. The lowest BCUT2D eigenvalue weighted by atomic mass is 10.2. The Morgan fingerprint density at radius 3 is 2.57 bits per heavy atom. The van der Waals surface area contributed by atoms with Crippen molar-refractivity contribution in [3.05, 3.63) is 63.9 Å². The zero-order valence-corrected chi connectivity index (χ0v) is 13.6. The molecule has 2 aromatic rings. The Kier molecular flexibility index (Phi) is 5.22. The Labute approximate surface area is 134 Å². The highest BCUT2D eigenvalue weighted by molar-refractivity contribution is 7.88. The molecule has 0 amide bonds. The maximum Gasteiger partial charge on any atom is 0.216 e. The molecule has 1 heterocycles. The molecule has 0 radical (unpaired) electrons. The Hall–Kier alpha value is -1.14. The quantitative estimate of drug-likeness (QED) is 0.901. The molecule has 0 unspecified atom stereocenters. The van der Waals surface area contributed by atoms with E-state index in [1.54, 1.807) is 43.5 Å². The van der Waals surface area contributed by atoms with Gasteiger partial charge in [0.2, 0.25) is 10.0 Å². The van der Waals surface area contributed by atoms with Gasteiger partial charge in [0.1, 0.15) is 0 Å². The molecule has 0 aliphatic heterocycles. The fourth-order valence-electron chi connectivity index (χ4n) is 1.85. The van der Waals surface area contributed by atoms with Crippen LogP contribution in [-0.4, -0.2) is 13.4 Å². The highest BCUT2D eigenvalue weighted by Crippen LogP contribution is 2.23. The third-order valence-electron chi connectivity index (χ3n) is 2.83. The molecular formula is C14H14Cl2N2O2S. The maximum atomic E-state index is 12.2. The Morgan fingerprint density at radius 1 is 1.19 bits per heavy atom. The summed E-state index contributed by atoms with van der Waals surface area (Å²) in [6.07, 6.45) is 1.62. The van der Waals surface area contributed by atoms with E-state index in [9.17, 15) is 8.42 Å². The first-order chi connectivity index (χ1) is 9.87. The van der Waals surface area contributed by atoms with Crippen molar-refractivity contribution in [3.8, 4) is 0 Å². The minimum absolute atomic E-state index is 0.166. The SMILES string of the molecule is C[C@H](NS(=O)(=O)Cc1ccc(Cl)c(Cl)c1)c1ccccn1. The van der Waals surface area contributed by atoms with Crippen LogP contribution in [0.4, 0.5) is 0 Å². The highest BCUT2D eigenvalue weighted by atomic mass is 35.5. The fourth-order valence-corrected chi connectivity index (χ4v) is 3.53. The number of nitrogens with zero attached hydrogens (tertiary/aromatic N) is 1. The second kappa shape index (κ2) is 6.75. The molecule has 0 fully saturated rings. The van der Waals surface area contributed by atoms with Crippen molar-refractivity contribution in [1.82, 2.24) is 9.71 Å². The Balaban J connectivity index is 2.10. The van der Waals surface area contributed by atoms with Crippen molar-refractivity contribution in [2.24, 2.45) is 0 Å². The van der Waals surface area contributed by atoms with Crippen LogP contribution < -0.4 is 4.72 Å². The van der Waals surface area contributed by atoms with Crippen LogP contribution in [0.15, 0.2) is 42.6 Å². The standard InChI is InChI=1S/C14H14Cl2N2O2S/c1-10(14-4-2-3-7-17-14)18-21(19,20)9-11-5-6-12(15)13(16)8-11/h2-8,10,18H,9H2,1H3/t10-/m0/s1. The Morgan fingerprint density at radius 2 is 1.95 bits per heavy atom. The zero-order valence-electron chi connectivity index (χ0n) is 11.3. The van der Waals surface area contributed by atoms with E-state index in [4.69, 9.17) is 23.2 Å². The van der Waals surface area contributed by atoms with Gasteiger partial charge in [-0.3, -0.25) is 4.98 Å². The molecule has 1 N–H and O–H groups in total. The van der Waals surface area contributed by atoms with E-state index in [2.05, 4.69) is 9.71 Å². The molecule has 2 rings (SSSR count). The number of nitrogens with one attached hydrogen (secondary N) is 1. The summed E-state index contributed by atoms with van der Waals surface area (Å²) in [6, 6.07) is 9.72. The van der Waals surface area contributed by atoms with E-state index < -0.39 is 16.1 Å². The lowest BCUT2D eigenvalue weighted by molar-refractivity contribution is 0.563. The van der Waals surface area contributed by atoms with Crippen molar-refractivity contribution in [2.45, 2.75) is 18.7 Å². The topological polar surface area (TPSA) is 59.1 Å². The summed E-state index contributed by atoms with van der Waals surface area (Å²) in [4.78, 5) is 4.13. The van der Waals surface area contributed by atoms with E-state index >= 15 is 0 Å². The summed E-state index contributed by atoms with van der Waals surface area (Å²) in [5.41, 5.74) is 1.24. The van der Waals surface area contributed by atoms with Gasteiger partial charge in [0.15, 0.2) is 0 Å². The summed E-state index contributed by atoms with van der Waals surface area (Å²) < 4.78 is 26.9. The minimum Gasteiger partial charge on any atom is -0.260 e. The van der Waals surface area contributed by atoms with Gasteiger partial charge in [0.05, 0.1) is 27.5 Å². The molecule has 1 atom stereocenters. The fraction of sp³-hybridized carbons (Fsp3) is 0.214. The van der Waals surface area contributed by atoms with Crippen LogP contribution in [0.3, 0.4) is 0 Å². The number of halogens is 2. The van der Waals surface area contributed by atoms with Crippen LogP contribution in [0.25, 0.3) is 0 Å². The minimum atomic E-state index is -3.50. The van der Waals surface area contributed by atoms with Gasteiger partial charge in [-0.05, 0) is 36.8 Å². The average Bonchev–Trinajstić information content (AvgIpc) is 2.43. The third kappa shape index (κ3) is 4.68. The van der Waals surface area contributed by atoms with Crippen molar-refractivity contribution in [1.29, 1.82) is 0 Å². The molecule has 0 spiro atoms. The summed E-state index contributed by atoms with van der Waals surface area (Å²) in [7, 11) is -3.50. The lowest BCUT2D eigenvalue weighted by Crippen LogP contribution is -2.28. The molecule has 7 heteroatoms. The maximum absolute atomic E-state index is 12.2. The first-order valence-corrected chi connectivity index (χ1v) is 8.63. The molecule has 21 heavy (non-hydrogen) atoms. The van der Waals surface area contributed by atoms with E-state index in [1.165, 1.54) is 0 Å². The van der Waals surface area contributed by atoms with Crippen LogP contribution in [0.1, 0.15) is 24.2 Å². The van der Waals surface area contributed by atoms with Gasteiger partial charge in [-0.25, -0.2) is 13.1 Å². The molecule has 0 saturated heterocycles. The molecule has 0 aliphatic carbocycles. The summed E-state index contributed by atoms with van der Waals surface area (Å²) in [5.74, 6) is -0.166. The molecule has 4 nitrogen and oxygen atoms in total. The van der Waals surface area contributed by atoms with Crippen LogP contribution in [0.2, 0.25) is 10.0 Å². The zero-order chi connectivity index (χ0) is 15.5. The molecule has 1 aromatic heterocycles. The van der Waals surface area contributed by atoms with Gasteiger partial charge in [-0.15, -0.1) is 0 Å². The van der Waals surface area contributed by atoms with Gasteiger partial charge >= 0.3 is 0 Å². The number of pyridine rings is 1. The number of hydrogen-bond acceptors (Lipinski definition) is 3. The van der Waals surface area contributed by atoms with Crippen molar-refractivity contribution >= 4 is 33.2 Å². The molecule has 112 valence electrons. The van der Waals surface area contributed by atoms with Crippen LogP contribution in [0, 0.1) is 0 Å². The van der Waals surface area contributed by atoms with Gasteiger partial charge in [0, 0.05) is 6.20 Å². The predicted octanol–water partition coefficient (Wildman–Crippen LogP) is 3.57. The molecule has 1 aromatic carbocycles. The first kappa shape index (κ1) is 16.2. The molecular weight excluding hydrogens is 331 g/mol. The lowest BCUT2D eigenvalue weighted by Gasteiger charge is -2.14. The molecule has 0 aliphatic rings. The van der Waals surface area contributed by atoms with Gasteiger partial charge in [-0.2, -0.15) is 0 Å². The normalized spacial score (nSPS) is 13.1. The van der Waals surface area contributed by atoms with Gasteiger partial charge in [0.25, 0.3) is 0 Å². The van der Waals surface area contributed by atoms with Gasteiger partial charge in [-0.1, -0.05) is 35.3 Å². The predicted molar refractivity (Wildman–Crippen MR) is 84.9 cm³/mol. The third-order valence-corrected chi connectivity index (χ3v) is 4.99. The van der Waals surface area contributed by atoms with E-state index in [-0.39, 0.29) is 5.75 Å². The van der Waals surface area contributed by atoms with Gasteiger partial charge < -0.3 is 0 Å². The smallest absolute Gasteiger partial charge is 0.216 e. The van der Waals surface area contributed by atoms with Crippen LogP contribution in [0.5, 0.6) is 0 Å². The van der Waals surface area contributed by atoms with Crippen molar-refractivity contribution in [3.63, 3.8) is 0 Å². The number of sulfonamides is 1. The highest BCUT2D eigenvalue weighted by Gasteiger charge is 2.17. The molecule has 0 saturated carbocycles. The van der Waals surface area contributed by atoms with Crippen molar-refractivity contribution in [2.75, 3.05) is 0 Å². The second-order valence-corrected chi connectivity index (χ2v) is 7.17. The summed E-state index contributed by atoms with van der Waals surface area (Å²) >= 11 is 11.7. The second-order valence-electron chi connectivity index (χ2n) is 4.60. The van der Waals surface area contributed by atoms with E-state index in [1.807, 2.05) is 6.07 Å². The number of hydrogen-bond donors (Lipinski definition) is 1. The number of benzene rings is 1.